The molecule has 0 aromatic rings. The topological polar surface area (TPSA) is 46.6 Å². The highest BCUT2D eigenvalue weighted by atomic mass is 16.5. The Bertz CT molecular complexity index is 316. The fraction of sp³-hybridized carbons (Fsp3) is 0.846. The maximum absolute atomic E-state index is 11.7. The number of carbonyl (C=O) groups excluding carboxylic acids is 2. The first-order valence-electron chi connectivity index (χ1n) is 6.53. The first-order valence-corrected chi connectivity index (χ1v) is 6.53. The van der Waals surface area contributed by atoms with Crippen molar-refractivity contribution in [2.45, 2.75) is 45.1 Å². The minimum atomic E-state index is -0.216. The number of hydrogen-bond donors (Lipinski definition) is 0. The van der Waals surface area contributed by atoms with Gasteiger partial charge in [-0.1, -0.05) is 6.92 Å². The summed E-state index contributed by atoms with van der Waals surface area (Å²) in [6.07, 6.45) is 4.03. The number of rotatable bonds is 1. The van der Waals surface area contributed by atoms with Crippen LogP contribution in [0, 0.1) is 11.8 Å². The van der Waals surface area contributed by atoms with E-state index in [1.165, 1.54) is 7.11 Å². The molecule has 4 nitrogen and oxygen atoms in total. The van der Waals surface area contributed by atoms with Crippen LogP contribution >= 0.6 is 0 Å². The Morgan fingerprint density at radius 3 is 2.88 bits per heavy atom. The average molecular weight is 239 g/mol. The molecule has 1 saturated heterocycles. The van der Waals surface area contributed by atoms with E-state index in [1.54, 1.807) is 0 Å². The Balaban J connectivity index is 2.11. The predicted molar refractivity (Wildman–Crippen MR) is 63.6 cm³/mol. The monoisotopic (exact) mass is 239 g/mol. The molecular weight excluding hydrogens is 218 g/mol. The first kappa shape index (κ1) is 12.4. The Kier molecular flexibility index (Phi) is 3.69. The van der Waals surface area contributed by atoms with Crippen LogP contribution in [0.5, 0.6) is 0 Å². The number of carbonyl (C=O) groups is 2. The molecule has 3 unspecified atom stereocenters. The van der Waals surface area contributed by atoms with Crippen LogP contribution < -0.4 is 0 Å². The van der Waals surface area contributed by atoms with Crippen molar-refractivity contribution in [2.75, 3.05) is 13.7 Å². The standard InChI is InChI=1S/C13H21NO3/c1-3-12-11-5-4-10(15)8-9(11)6-7-14(12)13(16)17-2/h9,11-12H,3-8H2,1-2H3. The van der Waals surface area contributed by atoms with Crippen LogP contribution in [-0.4, -0.2) is 36.5 Å². The summed E-state index contributed by atoms with van der Waals surface area (Å²) in [5.41, 5.74) is 0. The molecule has 2 rings (SSSR count). The number of ketones is 1. The van der Waals surface area contributed by atoms with Crippen LogP contribution in [0.3, 0.4) is 0 Å². The minimum absolute atomic E-state index is 0.216. The Labute approximate surface area is 102 Å². The zero-order chi connectivity index (χ0) is 12.4. The van der Waals surface area contributed by atoms with Crippen LogP contribution in [0.25, 0.3) is 0 Å². The maximum atomic E-state index is 11.7. The van der Waals surface area contributed by atoms with Gasteiger partial charge in [0.2, 0.25) is 0 Å². The highest BCUT2D eigenvalue weighted by molar-refractivity contribution is 5.79. The van der Waals surface area contributed by atoms with Crippen molar-refractivity contribution >= 4 is 11.9 Å². The van der Waals surface area contributed by atoms with Gasteiger partial charge in [-0.3, -0.25) is 4.79 Å². The molecule has 0 N–H and O–H groups in total. The lowest BCUT2D eigenvalue weighted by Gasteiger charge is -2.46. The summed E-state index contributed by atoms with van der Waals surface area (Å²) in [6, 6.07) is 0.259. The molecule has 0 spiro atoms. The van der Waals surface area contributed by atoms with Crippen LogP contribution in [0.1, 0.15) is 39.0 Å². The molecular formula is C13H21NO3. The number of fused-ring (bicyclic) bond motifs is 1. The lowest BCUT2D eigenvalue weighted by molar-refractivity contribution is -0.124. The molecule has 1 aliphatic heterocycles. The summed E-state index contributed by atoms with van der Waals surface area (Å²) in [7, 11) is 1.44. The number of likely N-dealkylation sites (tertiary alicyclic amines) is 1. The summed E-state index contributed by atoms with van der Waals surface area (Å²) >= 11 is 0. The van der Waals surface area contributed by atoms with Gasteiger partial charge in [-0.15, -0.1) is 0 Å². The number of methoxy groups -OCH3 is 1. The van der Waals surface area contributed by atoms with Crippen molar-refractivity contribution in [1.29, 1.82) is 0 Å². The van der Waals surface area contributed by atoms with Gasteiger partial charge in [-0.25, -0.2) is 4.79 Å². The Morgan fingerprint density at radius 1 is 1.47 bits per heavy atom. The lowest BCUT2D eigenvalue weighted by Crippen LogP contribution is -2.52. The van der Waals surface area contributed by atoms with Crippen LogP contribution in [-0.2, 0) is 9.53 Å². The second-order valence-electron chi connectivity index (χ2n) is 5.13. The predicted octanol–water partition coefficient (Wildman–Crippen LogP) is 2.22. The summed E-state index contributed by atoms with van der Waals surface area (Å²) in [4.78, 5) is 25.0. The summed E-state index contributed by atoms with van der Waals surface area (Å²) in [5, 5.41) is 0. The van der Waals surface area contributed by atoms with Gasteiger partial charge in [-0.05, 0) is 31.1 Å². The van der Waals surface area contributed by atoms with E-state index in [9.17, 15) is 9.59 Å². The van der Waals surface area contributed by atoms with Gasteiger partial charge in [0, 0.05) is 25.4 Å². The molecule has 1 saturated carbocycles. The SMILES string of the molecule is CCC1C2CCC(=O)CC2CCN1C(=O)OC. The van der Waals surface area contributed by atoms with Crippen molar-refractivity contribution in [3.8, 4) is 0 Å². The van der Waals surface area contributed by atoms with Crippen molar-refractivity contribution in [1.82, 2.24) is 4.90 Å². The molecule has 2 fully saturated rings. The van der Waals surface area contributed by atoms with Gasteiger partial charge in [0.05, 0.1) is 7.11 Å². The van der Waals surface area contributed by atoms with Gasteiger partial charge >= 0.3 is 6.09 Å². The fourth-order valence-corrected chi connectivity index (χ4v) is 3.50. The van der Waals surface area contributed by atoms with Gasteiger partial charge in [0.25, 0.3) is 0 Å². The average Bonchev–Trinajstić information content (AvgIpc) is 2.36. The van der Waals surface area contributed by atoms with Gasteiger partial charge in [-0.2, -0.15) is 0 Å². The van der Waals surface area contributed by atoms with Gasteiger partial charge in [0.15, 0.2) is 0 Å². The normalized spacial score (nSPS) is 33.2. The second-order valence-corrected chi connectivity index (χ2v) is 5.13. The molecule has 0 aromatic heterocycles. The quantitative estimate of drug-likeness (QED) is 0.705. The van der Waals surface area contributed by atoms with E-state index in [-0.39, 0.29) is 12.1 Å². The van der Waals surface area contributed by atoms with E-state index in [0.717, 1.165) is 32.2 Å². The number of ether oxygens (including phenoxy) is 1. The van der Waals surface area contributed by atoms with Crippen LogP contribution in [0.15, 0.2) is 0 Å². The van der Waals surface area contributed by atoms with E-state index in [2.05, 4.69) is 6.92 Å². The Hall–Kier alpha value is -1.06. The largest absolute Gasteiger partial charge is 0.453 e. The van der Waals surface area contributed by atoms with E-state index in [4.69, 9.17) is 4.74 Å². The van der Waals surface area contributed by atoms with Crippen molar-refractivity contribution in [3.05, 3.63) is 0 Å². The zero-order valence-electron chi connectivity index (χ0n) is 10.6. The van der Waals surface area contributed by atoms with Gasteiger partial charge < -0.3 is 9.64 Å². The third-order valence-electron chi connectivity index (χ3n) is 4.31. The number of amides is 1. The number of piperidine rings is 1. The summed E-state index contributed by atoms with van der Waals surface area (Å²) < 4.78 is 4.84. The molecule has 96 valence electrons. The molecule has 4 heteroatoms. The highest BCUT2D eigenvalue weighted by Crippen LogP contribution is 2.39. The second kappa shape index (κ2) is 5.07. The summed E-state index contributed by atoms with van der Waals surface area (Å²) in [5.74, 6) is 1.38. The first-order chi connectivity index (χ1) is 8.17. The van der Waals surface area contributed by atoms with E-state index >= 15 is 0 Å². The molecule has 0 radical (unpaired) electrons. The minimum Gasteiger partial charge on any atom is -0.453 e. The van der Waals surface area contributed by atoms with Crippen molar-refractivity contribution < 1.29 is 14.3 Å². The van der Waals surface area contributed by atoms with Crippen molar-refractivity contribution in [2.24, 2.45) is 11.8 Å². The molecule has 17 heavy (non-hydrogen) atoms. The molecule has 3 atom stereocenters. The molecule has 1 heterocycles. The summed E-state index contributed by atoms with van der Waals surface area (Å²) in [6.45, 7) is 2.85. The molecule has 1 amide bonds. The molecule has 0 bridgehead atoms. The van der Waals surface area contributed by atoms with Crippen LogP contribution in [0.4, 0.5) is 4.79 Å². The van der Waals surface area contributed by atoms with E-state index in [1.807, 2.05) is 4.90 Å². The number of nitrogens with zero attached hydrogens (tertiary/aromatic N) is 1. The lowest BCUT2D eigenvalue weighted by atomic mass is 9.70. The fourth-order valence-electron chi connectivity index (χ4n) is 3.50. The third kappa shape index (κ3) is 2.31. The third-order valence-corrected chi connectivity index (χ3v) is 4.31. The Morgan fingerprint density at radius 2 is 2.24 bits per heavy atom. The number of hydrogen-bond acceptors (Lipinski definition) is 3. The van der Waals surface area contributed by atoms with E-state index < -0.39 is 0 Å². The highest BCUT2D eigenvalue weighted by Gasteiger charge is 2.42. The number of Topliss-reactive ketones (excluding diaryl/α,β-unsaturated/α-hetero) is 1. The smallest absolute Gasteiger partial charge is 0.409 e. The van der Waals surface area contributed by atoms with Gasteiger partial charge in [0.1, 0.15) is 5.78 Å². The van der Waals surface area contributed by atoms with Crippen LogP contribution in [0.2, 0.25) is 0 Å². The maximum Gasteiger partial charge on any atom is 0.409 e. The zero-order valence-corrected chi connectivity index (χ0v) is 10.6. The molecule has 0 aromatic carbocycles. The van der Waals surface area contributed by atoms with Crippen molar-refractivity contribution in [3.63, 3.8) is 0 Å². The van der Waals surface area contributed by atoms with E-state index in [0.29, 0.717) is 24.0 Å². The molecule has 1 aliphatic carbocycles. The molecule has 2 aliphatic rings.